The van der Waals surface area contributed by atoms with Crippen LogP contribution in [0.25, 0.3) is 0 Å². The number of carbonyl (C=O) groups excluding carboxylic acids is 2. The van der Waals surface area contributed by atoms with Crippen molar-refractivity contribution in [3.05, 3.63) is 0 Å². The standard InChI is InChI=1S/C13H22O4/c1-5-7-12(3,4)11(15)17-13(6-2)8-10(14)16-9-13/h5-9H2,1-4H3. The summed E-state index contributed by atoms with van der Waals surface area (Å²) in [6.45, 7) is 7.88. The van der Waals surface area contributed by atoms with Crippen molar-refractivity contribution in [2.24, 2.45) is 5.41 Å². The summed E-state index contributed by atoms with van der Waals surface area (Å²) in [7, 11) is 0. The highest BCUT2D eigenvalue weighted by molar-refractivity contribution is 5.78. The van der Waals surface area contributed by atoms with E-state index in [0.717, 1.165) is 12.8 Å². The van der Waals surface area contributed by atoms with Gasteiger partial charge in [-0.2, -0.15) is 0 Å². The van der Waals surface area contributed by atoms with Crippen molar-refractivity contribution in [1.82, 2.24) is 0 Å². The molecule has 0 aliphatic carbocycles. The maximum Gasteiger partial charge on any atom is 0.312 e. The second-order valence-electron chi connectivity index (χ2n) is 5.40. The first-order chi connectivity index (χ1) is 7.85. The molecule has 1 unspecified atom stereocenters. The number of ether oxygens (including phenoxy) is 2. The van der Waals surface area contributed by atoms with Gasteiger partial charge in [-0.3, -0.25) is 9.59 Å². The number of carbonyl (C=O) groups is 2. The predicted octanol–water partition coefficient (Wildman–Crippen LogP) is 2.45. The molecular formula is C13H22O4. The Morgan fingerprint density at radius 3 is 2.53 bits per heavy atom. The molecule has 0 spiro atoms. The summed E-state index contributed by atoms with van der Waals surface area (Å²) in [6, 6.07) is 0. The molecule has 0 amide bonds. The van der Waals surface area contributed by atoms with Gasteiger partial charge in [-0.05, 0) is 26.7 Å². The molecule has 0 aromatic carbocycles. The SMILES string of the molecule is CCCC(C)(C)C(=O)OC1(CC)COC(=O)C1. The highest BCUT2D eigenvalue weighted by Crippen LogP contribution is 2.32. The maximum absolute atomic E-state index is 12.1. The Bertz CT molecular complexity index is 309. The van der Waals surface area contributed by atoms with Gasteiger partial charge in [0.25, 0.3) is 0 Å². The highest BCUT2D eigenvalue weighted by atomic mass is 16.6. The largest absolute Gasteiger partial charge is 0.461 e. The van der Waals surface area contributed by atoms with Crippen molar-refractivity contribution in [3.63, 3.8) is 0 Å². The molecule has 17 heavy (non-hydrogen) atoms. The van der Waals surface area contributed by atoms with Crippen molar-refractivity contribution in [1.29, 1.82) is 0 Å². The Balaban J connectivity index is 2.69. The van der Waals surface area contributed by atoms with E-state index in [0.29, 0.717) is 6.42 Å². The molecule has 1 saturated heterocycles. The quantitative estimate of drug-likeness (QED) is 0.695. The topological polar surface area (TPSA) is 52.6 Å². The van der Waals surface area contributed by atoms with E-state index < -0.39 is 11.0 Å². The van der Waals surface area contributed by atoms with E-state index in [2.05, 4.69) is 0 Å². The van der Waals surface area contributed by atoms with Crippen LogP contribution in [-0.2, 0) is 19.1 Å². The molecule has 1 heterocycles. The molecule has 0 N–H and O–H groups in total. The average molecular weight is 242 g/mol. The zero-order valence-corrected chi connectivity index (χ0v) is 11.2. The Morgan fingerprint density at radius 1 is 1.47 bits per heavy atom. The molecule has 0 saturated carbocycles. The lowest BCUT2D eigenvalue weighted by Gasteiger charge is -2.30. The van der Waals surface area contributed by atoms with E-state index >= 15 is 0 Å². The molecule has 4 heteroatoms. The monoisotopic (exact) mass is 242 g/mol. The molecule has 0 bridgehead atoms. The van der Waals surface area contributed by atoms with E-state index in [-0.39, 0.29) is 25.0 Å². The van der Waals surface area contributed by atoms with Gasteiger partial charge in [0, 0.05) is 0 Å². The summed E-state index contributed by atoms with van der Waals surface area (Å²) >= 11 is 0. The van der Waals surface area contributed by atoms with E-state index in [1.54, 1.807) is 0 Å². The Hall–Kier alpha value is -1.06. The first-order valence-corrected chi connectivity index (χ1v) is 6.24. The number of hydrogen-bond acceptors (Lipinski definition) is 4. The lowest BCUT2D eigenvalue weighted by molar-refractivity contribution is -0.171. The minimum atomic E-state index is -0.737. The summed E-state index contributed by atoms with van der Waals surface area (Å²) in [5, 5.41) is 0. The van der Waals surface area contributed by atoms with Crippen molar-refractivity contribution in [3.8, 4) is 0 Å². The van der Waals surface area contributed by atoms with Gasteiger partial charge in [-0.1, -0.05) is 20.3 Å². The fourth-order valence-corrected chi connectivity index (χ4v) is 2.00. The predicted molar refractivity (Wildman–Crippen MR) is 63.4 cm³/mol. The number of hydrogen-bond donors (Lipinski definition) is 0. The van der Waals surface area contributed by atoms with Crippen LogP contribution < -0.4 is 0 Å². The fraction of sp³-hybridized carbons (Fsp3) is 0.846. The van der Waals surface area contributed by atoms with Crippen molar-refractivity contribution < 1.29 is 19.1 Å². The number of esters is 2. The smallest absolute Gasteiger partial charge is 0.312 e. The van der Waals surface area contributed by atoms with E-state index in [1.165, 1.54) is 0 Å². The maximum atomic E-state index is 12.1. The second kappa shape index (κ2) is 5.07. The number of cyclic esters (lactones) is 1. The first-order valence-electron chi connectivity index (χ1n) is 6.24. The van der Waals surface area contributed by atoms with Crippen molar-refractivity contribution in [2.45, 2.75) is 59.0 Å². The second-order valence-corrected chi connectivity index (χ2v) is 5.40. The third kappa shape index (κ3) is 3.20. The molecule has 0 aromatic heterocycles. The van der Waals surface area contributed by atoms with E-state index in [4.69, 9.17) is 9.47 Å². The number of rotatable bonds is 5. The minimum Gasteiger partial charge on any atom is -0.461 e. The molecule has 1 atom stereocenters. The summed E-state index contributed by atoms with van der Waals surface area (Å²) in [4.78, 5) is 23.3. The van der Waals surface area contributed by atoms with Crippen LogP contribution in [0.1, 0.15) is 53.4 Å². The van der Waals surface area contributed by atoms with Gasteiger partial charge in [0.05, 0.1) is 11.8 Å². The summed E-state index contributed by atoms with van der Waals surface area (Å²) in [6.07, 6.45) is 2.49. The van der Waals surface area contributed by atoms with E-state index in [9.17, 15) is 9.59 Å². The molecule has 98 valence electrons. The van der Waals surface area contributed by atoms with Gasteiger partial charge in [-0.15, -0.1) is 0 Å². The Labute approximate surface area is 103 Å². The Kier molecular flexibility index (Phi) is 4.17. The molecular weight excluding hydrogens is 220 g/mol. The van der Waals surface area contributed by atoms with Gasteiger partial charge < -0.3 is 9.47 Å². The van der Waals surface area contributed by atoms with Crippen LogP contribution in [0.4, 0.5) is 0 Å². The third-order valence-corrected chi connectivity index (χ3v) is 3.34. The van der Waals surface area contributed by atoms with Gasteiger partial charge >= 0.3 is 11.9 Å². The lowest BCUT2D eigenvalue weighted by Crippen LogP contribution is -2.40. The molecule has 1 aliphatic rings. The summed E-state index contributed by atoms with van der Waals surface area (Å²) < 4.78 is 10.5. The Morgan fingerprint density at radius 2 is 2.12 bits per heavy atom. The van der Waals surface area contributed by atoms with Gasteiger partial charge in [0.1, 0.15) is 6.61 Å². The van der Waals surface area contributed by atoms with Gasteiger partial charge in [-0.25, -0.2) is 0 Å². The fourth-order valence-electron chi connectivity index (χ4n) is 2.00. The molecule has 0 aromatic rings. The van der Waals surface area contributed by atoms with Crippen molar-refractivity contribution >= 4 is 11.9 Å². The van der Waals surface area contributed by atoms with Crippen LogP contribution >= 0.6 is 0 Å². The highest BCUT2D eigenvalue weighted by Gasteiger charge is 2.44. The van der Waals surface area contributed by atoms with Crippen LogP contribution in [0.15, 0.2) is 0 Å². The summed E-state index contributed by atoms with van der Waals surface area (Å²) in [5.41, 5.74) is -1.23. The van der Waals surface area contributed by atoms with Crippen LogP contribution in [0.3, 0.4) is 0 Å². The molecule has 1 aliphatic heterocycles. The first kappa shape index (κ1) is 14.0. The van der Waals surface area contributed by atoms with Crippen molar-refractivity contribution in [2.75, 3.05) is 6.61 Å². The third-order valence-electron chi connectivity index (χ3n) is 3.34. The zero-order valence-electron chi connectivity index (χ0n) is 11.2. The molecule has 4 nitrogen and oxygen atoms in total. The molecule has 1 rings (SSSR count). The van der Waals surface area contributed by atoms with Crippen LogP contribution in [0.2, 0.25) is 0 Å². The summed E-state index contributed by atoms with van der Waals surface area (Å²) in [5.74, 6) is -0.521. The molecule has 1 fully saturated rings. The molecule has 0 radical (unpaired) electrons. The van der Waals surface area contributed by atoms with Gasteiger partial charge in [0.2, 0.25) is 0 Å². The normalized spacial score (nSPS) is 24.6. The van der Waals surface area contributed by atoms with Gasteiger partial charge in [0.15, 0.2) is 5.60 Å². The lowest BCUT2D eigenvalue weighted by atomic mass is 9.87. The van der Waals surface area contributed by atoms with Crippen LogP contribution in [-0.4, -0.2) is 24.1 Å². The van der Waals surface area contributed by atoms with Crippen LogP contribution in [0, 0.1) is 5.41 Å². The zero-order chi connectivity index (χ0) is 13.1. The minimum absolute atomic E-state index is 0.178. The van der Waals surface area contributed by atoms with Crippen LogP contribution in [0.5, 0.6) is 0 Å². The average Bonchev–Trinajstić information content (AvgIpc) is 2.60. The van der Waals surface area contributed by atoms with E-state index in [1.807, 2.05) is 27.7 Å².